The van der Waals surface area contributed by atoms with E-state index in [9.17, 15) is 9.59 Å². The van der Waals surface area contributed by atoms with Gasteiger partial charge in [0.05, 0.1) is 6.04 Å². The number of aliphatic carboxylic acids is 1. The van der Waals surface area contributed by atoms with Gasteiger partial charge in [-0.15, -0.1) is 0 Å². The summed E-state index contributed by atoms with van der Waals surface area (Å²) >= 11 is 0. The largest absolute Gasteiger partial charge is 0.480 e. The van der Waals surface area contributed by atoms with E-state index in [1.807, 2.05) is 0 Å². The molecular formula is C23H46N4O3. The van der Waals surface area contributed by atoms with Crippen LogP contribution in [0.1, 0.15) is 97.3 Å². The molecule has 2 atom stereocenters. The number of carbonyl (C=O) groups is 2. The lowest BCUT2D eigenvalue weighted by atomic mass is 9.91. The van der Waals surface area contributed by atoms with E-state index in [4.69, 9.17) is 16.6 Å². The predicted molar refractivity (Wildman–Crippen MR) is 122 cm³/mol. The molecule has 0 saturated heterocycles. The molecule has 2 fully saturated rings. The molecule has 7 nitrogen and oxygen atoms in total. The summed E-state index contributed by atoms with van der Waals surface area (Å²) in [6, 6.07) is 0.193. The van der Waals surface area contributed by atoms with E-state index in [1.54, 1.807) is 13.8 Å². The first-order valence-electron chi connectivity index (χ1n) is 12.1. The van der Waals surface area contributed by atoms with Crippen LogP contribution < -0.4 is 22.1 Å². The van der Waals surface area contributed by atoms with E-state index < -0.39 is 24.0 Å². The molecule has 30 heavy (non-hydrogen) atoms. The van der Waals surface area contributed by atoms with Crippen LogP contribution in [0.4, 0.5) is 0 Å². The maximum absolute atomic E-state index is 11.6. The van der Waals surface area contributed by atoms with Crippen molar-refractivity contribution in [3.05, 3.63) is 0 Å². The highest BCUT2D eigenvalue weighted by Crippen LogP contribution is 2.22. The first kappa shape index (κ1) is 26.9. The highest BCUT2D eigenvalue weighted by molar-refractivity contribution is 5.86. The third kappa shape index (κ3) is 11.3. The predicted octanol–water partition coefficient (Wildman–Crippen LogP) is 2.91. The Hall–Kier alpha value is -1.18. The highest BCUT2D eigenvalue weighted by Gasteiger charge is 2.25. The Balaban J connectivity index is 0.000000308. The van der Waals surface area contributed by atoms with Gasteiger partial charge in [-0.2, -0.15) is 0 Å². The lowest BCUT2D eigenvalue weighted by molar-refractivity contribution is -0.143. The molecule has 1 amide bonds. The van der Waals surface area contributed by atoms with E-state index in [0.29, 0.717) is 13.0 Å². The van der Waals surface area contributed by atoms with Crippen molar-refractivity contribution in [2.75, 3.05) is 6.54 Å². The van der Waals surface area contributed by atoms with Crippen molar-refractivity contribution in [3.8, 4) is 0 Å². The number of rotatable bonds is 10. The van der Waals surface area contributed by atoms with Crippen LogP contribution >= 0.6 is 0 Å². The molecule has 0 aromatic heterocycles. The van der Waals surface area contributed by atoms with Crippen molar-refractivity contribution in [2.45, 2.75) is 121 Å². The van der Waals surface area contributed by atoms with Gasteiger partial charge >= 0.3 is 5.97 Å². The van der Waals surface area contributed by atoms with E-state index in [-0.39, 0.29) is 5.92 Å². The number of nitrogens with two attached hydrogens (primary N) is 2. The summed E-state index contributed by atoms with van der Waals surface area (Å²) in [4.78, 5) is 22.5. The van der Waals surface area contributed by atoms with Crippen LogP contribution in [0, 0.1) is 5.92 Å². The second-order valence-electron chi connectivity index (χ2n) is 9.30. The van der Waals surface area contributed by atoms with Crippen molar-refractivity contribution < 1.29 is 14.7 Å². The summed E-state index contributed by atoms with van der Waals surface area (Å²) in [6.45, 7) is 4.04. The van der Waals surface area contributed by atoms with Gasteiger partial charge in [0.25, 0.3) is 0 Å². The molecule has 0 spiro atoms. The van der Waals surface area contributed by atoms with Crippen molar-refractivity contribution in [1.29, 1.82) is 0 Å². The van der Waals surface area contributed by atoms with Crippen LogP contribution in [0.15, 0.2) is 0 Å². The number of hydrogen-bond acceptors (Lipinski definition) is 5. The number of carboxylic acids is 1. The van der Waals surface area contributed by atoms with Crippen molar-refractivity contribution in [3.63, 3.8) is 0 Å². The van der Waals surface area contributed by atoms with Crippen molar-refractivity contribution in [2.24, 2.45) is 17.4 Å². The Bertz CT molecular complexity index is 459. The van der Waals surface area contributed by atoms with Crippen LogP contribution in [0.25, 0.3) is 0 Å². The first-order valence-corrected chi connectivity index (χ1v) is 12.1. The molecule has 2 rings (SSSR count). The van der Waals surface area contributed by atoms with Crippen LogP contribution in [-0.2, 0) is 9.59 Å². The SMILES string of the molecule is C1CCC(NC2CCCCC2)CC1.CC(C)C(NC(=O)C(N)CCCCN)C(=O)O. The summed E-state index contributed by atoms with van der Waals surface area (Å²) < 4.78 is 0. The smallest absolute Gasteiger partial charge is 0.326 e. The molecular weight excluding hydrogens is 380 g/mol. The molecule has 0 radical (unpaired) electrons. The molecule has 0 bridgehead atoms. The zero-order chi connectivity index (χ0) is 22.4. The average Bonchev–Trinajstić information content (AvgIpc) is 2.73. The van der Waals surface area contributed by atoms with E-state index in [2.05, 4.69) is 10.6 Å². The number of carboxylic acid groups (broad SMARTS) is 1. The summed E-state index contributed by atoms with van der Waals surface area (Å²) in [5, 5.41) is 15.2. The fourth-order valence-corrected chi connectivity index (χ4v) is 4.29. The van der Waals surface area contributed by atoms with Gasteiger partial charge in [-0.1, -0.05) is 58.8 Å². The van der Waals surface area contributed by atoms with Crippen LogP contribution in [0.5, 0.6) is 0 Å². The number of carbonyl (C=O) groups excluding carboxylic acids is 1. The molecule has 2 unspecified atom stereocenters. The van der Waals surface area contributed by atoms with Gasteiger partial charge in [0, 0.05) is 12.1 Å². The van der Waals surface area contributed by atoms with Gasteiger partial charge in [0.15, 0.2) is 0 Å². The highest BCUT2D eigenvalue weighted by atomic mass is 16.4. The number of hydrogen-bond donors (Lipinski definition) is 5. The lowest BCUT2D eigenvalue weighted by Crippen LogP contribution is -2.50. The minimum Gasteiger partial charge on any atom is -0.480 e. The Kier molecular flexibility index (Phi) is 14.0. The second-order valence-corrected chi connectivity index (χ2v) is 9.30. The quantitative estimate of drug-likeness (QED) is 0.341. The molecule has 176 valence electrons. The Morgan fingerprint density at radius 1 is 0.933 bits per heavy atom. The second kappa shape index (κ2) is 15.6. The molecule has 2 aliphatic carbocycles. The maximum atomic E-state index is 11.6. The zero-order valence-electron chi connectivity index (χ0n) is 19.2. The van der Waals surface area contributed by atoms with Gasteiger partial charge in [0.2, 0.25) is 5.91 Å². The van der Waals surface area contributed by atoms with Crippen LogP contribution in [-0.4, -0.2) is 47.7 Å². The monoisotopic (exact) mass is 426 g/mol. The minimum absolute atomic E-state index is 0.173. The standard InChI is InChI=1S/C12H23N.C11H23N3O3/c1-3-7-11(8-4-1)13-12-9-5-2-6-10-12;1-7(2)9(11(16)17)14-10(15)8(13)5-3-4-6-12/h11-13H,1-10H2;7-9H,3-6,12-13H2,1-2H3,(H,14,15)(H,16,17). The van der Waals surface area contributed by atoms with Crippen LogP contribution in [0.2, 0.25) is 0 Å². The molecule has 0 aromatic rings. The van der Waals surface area contributed by atoms with E-state index in [0.717, 1.165) is 24.9 Å². The third-order valence-corrected chi connectivity index (χ3v) is 6.22. The fourth-order valence-electron chi connectivity index (χ4n) is 4.29. The van der Waals surface area contributed by atoms with Gasteiger partial charge in [-0.25, -0.2) is 4.79 Å². The Morgan fingerprint density at radius 3 is 1.83 bits per heavy atom. The third-order valence-electron chi connectivity index (χ3n) is 6.22. The Morgan fingerprint density at radius 2 is 1.43 bits per heavy atom. The molecule has 2 aliphatic rings. The molecule has 2 saturated carbocycles. The molecule has 0 aromatic carbocycles. The van der Waals surface area contributed by atoms with E-state index >= 15 is 0 Å². The maximum Gasteiger partial charge on any atom is 0.326 e. The topological polar surface area (TPSA) is 130 Å². The molecule has 0 heterocycles. The molecule has 7 heteroatoms. The lowest BCUT2D eigenvalue weighted by Gasteiger charge is -2.30. The van der Waals surface area contributed by atoms with Crippen molar-refractivity contribution >= 4 is 11.9 Å². The summed E-state index contributed by atoms with van der Waals surface area (Å²) in [5.74, 6) is -1.63. The number of unbranched alkanes of at least 4 members (excludes halogenated alkanes) is 1. The summed E-state index contributed by atoms with van der Waals surface area (Å²) in [7, 11) is 0. The summed E-state index contributed by atoms with van der Waals surface area (Å²) in [6.07, 6.45) is 16.7. The zero-order valence-corrected chi connectivity index (χ0v) is 19.2. The van der Waals surface area contributed by atoms with Gasteiger partial charge in [0.1, 0.15) is 6.04 Å². The Labute approximate surface area is 183 Å². The first-order chi connectivity index (χ1) is 14.3. The molecule has 0 aliphatic heterocycles. The van der Waals surface area contributed by atoms with Gasteiger partial charge in [-0.05, 0) is 51.0 Å². The van der Waals surface area contributed by atoms with Crippen molar-refractivity contribution in [1.82, 2.24) is 10.6 Å². The molecule has 7 N–H and O–H groups in total. The van der Waals surface area contributed by atoms with Crippen LogP contribution in [0.3, 0.4) is 0 Å². The summed E-state index contributed by atoms with van der Waals surface area (Å²) in [5.41, 5.74) is 11.0. The average molecular weight is 427 g/mol. The number of amides is 1. The minimum atomic E-state index is -1.04. The van der Waals surface area contributed by atoms with Gasteiger partial charge < -0.3 is 27.2 Å². The normalized spacial score (nSPS) is 20.2. The van der Waals surface area contributed by atoms with Gasteiger partial charge in [-0.3, -0.25) is 4.79 Å². The fraction of sp³-hybridized carbons (Fsp3) is 0.913. The van der Waals surface area contributed by atoms with E-state index in [1.165, 1.54) is 64.2 Å². The number of nitrogens with one attached hydrogen (secondary N) is 2.